The molecule has 0 aliphatic carbocycles. The van der Waals surface area contributed by atoms with Crippen LogP contribution in [-0.4, -0.2) is 67.5 Å². The van der Waals surface area contributed by atoms with Crippen LogP contribution in [0.2, 0.25) is 0 Å². The average molecular weight is 331 g/mol. The van der Waals surface area contributed by atoms with Gasteiger partial charge >= 0.3 is 0 Å². The number of hydrogen-bond donors (Lipinski definition) is 0. The Labute approximate surface area is 143 Å². The summed E-state index contributed by atoms with van der Waals surface area (Å²) in [4.78, 5) is 30.3. The number of methoxy groups -OCH3 is 1. The number of carbonyl (C=O) groups excluding carboxylic acids is 2. The van der Waals surface area contributed by atoms with E-state index in [4.69, 9.17) is 4.74 Å². The van der Waals surface area contributed by atoms with Crippen LogP contribution in [0.5, 0.6) is 5.75 Å². The van der Waals surface area contributed by atoms with Crippen molar-refractivity contribution < 1.29 is 14.3 Å². The predicted molar refractivity (Wildman–Crippen MR) is 92.2 cm³/mol. The monoisotopic (exact) mass is 331 g/mol. The van der Waals surface area contributed by atoms with Gasteiger partial charge in [-0.05, 0) is 25.0 Å². The summed E-state index contributed by atoms with van der Waals surface area (Å²) in [5, 5.41) is 0. The van der Waals surface area contributed by atoms with Crippen molar-refractivity contribution in [2.45, 2.75) is 25.8 Å². The normalized spacial score (nSPS) is 21.1. The Kier molecular flexibility index (Phi) is 4.92. The van der Waals surface area contributed by atoms with Gasteiger partial charge < -0.3 is 19.4 Å². The van der Waals surface area contributed by atoms with Gasteiger partial charge in [-0.3, -0.25) is 9.59 Å². The van der Waals surface area contributed by atoms with Crippen LogP contribution in [0.15, 0.2) is 24.3 Å². The first-order chi connectivity index (χ1) is 11.6. The molecule has 2 aliphatic heterocycles. The lowest BCUT2D eigenvalue weighted by molar-refractivity contribution is -0.143. The van der Waals surface area contributed by atoms with Gasteiger partial charge in [0.1, 0.15) is 11.8 Å². The summed E-state index contributed by atoms with van der Waals surface area (Å²) in [6.07, 6.45) is 1.70. The van der Waals surface area contributed by atoms with Crippen LogP contribution < -0.4 is 9.64 Å². The predicted octanol–water partition coefficient (Wildman–Crippen LogP) is 1.35. The number of carbonyl (C=O) groups is 2. The molecule has 0 aromatic heterocycles. The molecule has 2 saturated heterocycles. The molecule has 6 heteroatoms. The smallest absolute Gasteiger partial charge is 0.245 e. The number of likely N-dealkylation sites (tertiary alicyclic amines) is 1. The standard InChI is InChI=1S/C18H25N3O3/c1-14(22)21-9-5-7-16(21)18(23)20-12-10-19(11-13-20)15-6-3-4-8-17(15)24-2/h3-4,6,8,16H,5,7,9-13H2,1-2H3/t16-/m0/s1. The summed E-state index contributed by atoms with van der Waals surface area (Å²) in [5.41, 5.74) is 1.07. The molecule has 130 valence electrons. The summed E-state index contributed by atoms with van der Waals surface area (Å²) >= 11 is 0. The van der Waals surface area contributed by atoms with Crippen molar-refractivity contribution in [2.24, 2.45) is 0 Å². The lowest BCUT2D eigenvalue weighted by Gasteiger charge is -2.38. The molecule has 0 radical (unpaired) electrons. The van der Waals surface area contributed by atoms with Crippen LogP contribution in [-0.2, 0) is 9.59 Å². The highest BCUT2D eigenvalue weighted by Crippen LogP contribution is 2.29. The van der Waals surface area contributed by atoms with Crippen molar-refractivity contribution in [3.8, 4) is 5.75 Å². The number of hydrogen-bond acceptors (Lipinski definition) is 4. The molecule has 0 bridgehead atoms. The van der Waals surface area contributed by atoms with E-state index >= 15 is 0 Å². The summed E-state index contributed by atoms with van der Waals surface area (Å²) in [7, 11) is 1.68. The van der Waals surface area contributed by atoms with Crippen molar-refractivity contribution in [1.29, 1.82) is 0 Å². The zero-order chi connectivity index (χ0) is 17.1. The fourth-order valence-corrected chi connectivity index (χ4v) is 3.67. The Morgan fingerprint density at radius 2 is 1.79 bits per heavy atom. The first-order valence-electron chi connectivity index (χ1n) is 8.56. The molecule has 0 unspecified atom stereocenters. The molecule has 3 rings (SSSR count). The fourth-order valence-electron chi connectivity index (χ4n) is 3.67. The molecule has 2 amide bonds. The van der Waals surface area contributed by atoms with E-state index in [2.05, 4.69) is 4.90 Å². The number of benzene rings is 1. The molecule has 1 atom stereocenters. The van der Waals surface area contributed by atoms with E-state index in [9.17, 15) is 9.59 Å². The van der Waals surface area contributed by atoms with Gasteiger partial charge in [0, 0.05) is 39.6 Å². The molecule has 2 aliphatic rings. The number of rotatable bonds is 3. The van der Waals surface area contributed by atoms with Crippen molar-refractivity contribution in [2.75, 3.05) is 44.7 Å². The number of nitrogens with zero attached hydrogens (tertiary/aromatic N) is 3. The minimum atomic E-state index is -0.264. The van der Waals surface area contributed by atoms with Gasteiger partial charge in [0.2, 0.25) is 11.8 Å². The minimum Gasteiger partial charge on any atom is -0.495 e. The van der Waals surface area contributed by atoms with Crippen molar-refractivity contribution in [3.63, 3.8) is 0 Å². The van der Waals surface area contributed by atoms with Crippen LogP contribution in [0.1, 0.15) is 19.8 Å². The van der Waals surface area contributed by atoms with E-state index in [0.29, 0.717) is 19.6 Å². The van der Waals surface area contributed by atoms with Gasteiger partial charge in [0.05, 0.1) is 12.8 Å². The Hall–Kier alpha value is -2.24. The first kappa shape index (κ1) is 16.6. The molecular weight excluding hydrogens is 306 g/mol. The Balaban J connectivity index is 1.62. The maximum atomic E-state index is 12.8. The molecule has 6 nitrogen and oxygen atoms in total. The number of ether oxygens (including phenoxy) is 1. The van der Waals surface area contributed by atoms with Gasteiger partial charge in [-0.25, -0.2) is 0 Å². The Morgan fingerprint density at radius 3 is 2.46 bits per heavy atom. The molecule has 0 saturated carbocycles. The Morgan fingerprint density at radius 1 is 1.08 bits per heavy atom. The number of para-hydroxylation sites is 2. The van der Waals surface area contributed by atoms with Crippen molar-refractivity contribution in [1.82, 2.24) is 9.80 Å². The van der Waals surface area contributed by atoms with Gasteiger partial charge in [-0.2, -0.15) is 0 Å². The average Bonchev–Trinajstić information content (AvgIpc) is 3.11. The van der Waals surface area contributed by atoms with Crippen LogP contribution in [0.25, 0.3) is 0 Å². The van der Waals surface area contributed by atoms with E-state index in [1.165, 1.54) is 0 Å². The molecule has 1 aromatic carbocycles. The topological polar surface area (TPSA) is 53.1 Å². The van der Waals surface area contributed by atoms with E-state index in [-0.39, 0.29) is 17.9 Å². The highest BCUT2D eigenvalue weighted by molar-refractivity contribution is 5.87. The van der Waals surface area contributed by atoms with Crippen LogP contribution in [0.4, 0.5) is 5.69 Å². The van der Waals surface area contributed by atoms with Crippen LogP contribution >= 0.6 is 0 Å². The number of piperazine rings is 1. The second-order valence-corrected chi connectivity index (χ2v) is 6.35. The largest absolute Gasteiger partial charge is 0.495 e. The second kappa shape index (κ2) is 7.11. The zero-order valence-electron chi connectivity index (χ0n) is 14.4. The third-order valence-electron chi connectivity index (χ3n) is 4.96. The maximum absolute atomic E-state index is 12.8. The summed E-state index contributed by atoms with van der Waals surface area (Å²) in [5.74, 6) is 0.955. The number of amides is 2. The molecule has 24 heavy (non-hydrogen) atoms. The Bertz CT molecular complexity index is 611. The first-order valence-corrected chi connectivity index (χ1v) is 8.56. The van der Waals surface area contributed by atoms with E-state index in [1.54, 1.807) is 18.9 Å². The lowest BCUT2D eigenvalue weighted by atomic mass is 10.1. The lowest BCUT2D eigenvalue weighted by Crippen LogP contribution is -2.54. The maximum Gasteiger partial charge on any atom is 0.245 e. The highest BCUT2D eigenvalue weighted by Gasteiger charge is 2.36. The highest BCUT2D eigenvalue weighted by atomic mass is 16.5. The third-order valence-corrected chi connectivity index (χ3v) is 4.96. The summed E-state index contributed by atoms with van der Waals surface area (Å²) < 4.78 is 5.43. The molecule has 2 fully saturated rings. The van der Waals surface area contributed by atoms with Gasteiger partial charge in [-0.15, -0.1) is 0 Å². The second-order valence-electron chi connectivity index (χ2n) is 6.35. The SMILES string of the molecule is COc1ccccc1N1CCN(C(=O)[C@@H]2CCCN2C(C)=O)CC1. The summed E-state index contributed by atoms with van der Waals surface area (Å²) in [6, 6.07) is 7.69. The molecule has 0 N–H and O–H groups in total. The summed E-state index contributed by atoms with van der Waals surface area (Å²) in [6.45, 7) is 5.16. The molecular formula is C18H25N3O3. The minimum absolute atomic E-state index is 0.00138. The number of anilines is 1. The zero-order valence-corrected chi connectivity index (χ0v) is 14.4. The van der Waals surface area contributed by atoms with Crippen molar-refractivity contribution >= 4 is 17.5 Å². The van der Waals surface area contributed by atoms with Crippen molar-refractivity contribution in [3.05, 3.63) is 24.3 Å². The van der Waals surface area contributed by atoms with Crippen LogP contribution in [0, 0.1) is 0 Å². The van der Waals surface area contributed by atoms with Gasteiger partial charge in [0.15, 0.2) is 0 Å². The van der Waals surface area contributed by atoms with E-state index < -0.39 is 0 Å². The molecule has 2 heterocycles. The van der Waals surface area contributed by atoms with Gasteiger partial charge in [-0.1, -0.05) is 12.1 Å². The van der Waals surface area contributed by atoms with Gasteiger partial charge in [0.25, 0.3) is 0 Å². The fraction of sp³-hybridized carbons (Fsp3) is 0.556. The third kappa shape index (κ3) is 3.18. The van der Waals surface area contributed by atoms with Crippen LogP contribution in [0.3, 0.4) is 0 Å². The van der Waals surface area contributed by atoms with E-state index in [1.807, 2.05) is 29.2 Å². The quantitative estimate of drug-likeness (QED) is 0.839. The molecule has 0 spiro atoms. The van der Waals surface area contributed by atoms with E-state index in [0.717, 1.165) is 37.4 Å². The molecule has 1 aromatic rings.